The lowest BCUT2D eigenvalue weighted by Crippen LogP contribution is -2.68. The van der Waals surface area contributed by atoms with E-state index in [1.165, 1.54) is 6.92 Å². The summed E-state index contributed by atoms with van der Waals surface area (Å²) in [5.74, 6) is -0.878. The molecule has 8 fully saturated rings. The Hall–Kier alpha value is -1.55. The summed E-state index contributed by atoms with van der Waals surface area (Å²) in [4.78, 5) is 15.3. The molecule has 0 aromatic rings. The Labute approximate surface area is 426 Å². The molecule has 9 aliphatic rings. The van der Waals surface area contributed by atoms with Crippen LogP contribution >= 0.6 is 0 Å². The second-order valence-corrected chi connectivity index (χ2v) is 25.5. The van der Waals surface area contributed by atoms with Gasteiger partial charge in [0.1, 0.15) is 78.7 Å². The highest BCUT2D eigenvalue weighted by Crippen LogP contribution is 2.76. The Morgan fingerprint density at radius 3 is 1.93 bits per heavy atom. The van der Waals surface area contributed by atoms with Gasteiger partial charge in [-0.1, -0.05) is 60.1 Å². The molecule has 27 atom stereocenters. The zero-order valence-electron chi connectivity index (χ0n) is 43.4. The van der Waals surface area contributed by atoms with Gasteiger partial charge >= 0.3 is 5.97 Å². The Morgan fingerprint density at radius 2 is 1.25 bits per heavy atom. The molecule has 0 aromatic carbocycles. The lowest BCUT2D eigenvalue weighted by Gasteiger charge is -2.71. The van der Waals surface area contributed by atoms with Gasteiger partial charge in [0.2, 0.25) is 6.29 Å². The van der Waals surface area contributed by atoms with Crippen LogP contribution in [0.1, 0.15) is 113 Å². The summed E-state index contributed by atoms with van der Waals surface area (Å²) in [5, 5.41) is 130. The van der Waals surface area contributed by atoms with Crippen molar-refractivity contribution in [3.05, 3.63) is 11.6 Å². The fraction of sp³-hybridized carbons (Fsp3) is 0.942. The zero-order valence-corrected chi connectivity index (χ0v) is 43.4. The van der Waals surface area contributed by atoms with Gasteiger partial charge < -0.3 is 99.2 Å². The highest BCUT2D eigenvalue weighted by atomic mass is 16.8. The smallest absolute Gasteiger partial charge is 0.317 e. The molecule has 9 rings (SSSR count). The summed E-state index contributed by atoms with van der Waals surface area (Å²) in [7, 11) is 0. The van der Waals surface area contributed by atoms with Crippen molar-refractivity contribution in [3.8, 4) is 0 Å². The normalized spacial score (nSPS) is 54.7. The van der Waals surface area contributed by atoms with E-state index in [1.54, 1.807) is 0 Å². The van der Waals surface area contributed by atoms with Crippen molar-refractivity contribution < 1.29 is 104 Å². The van der Waals surface area contributed by atoms with Crippen LogP contribution in [0.25, 0.3) is 0 Å². The third-order valence-corrected chi connectivity index (χ3v) is 20.6. The number of ether oxygens (including phenoxy) is 8. The average molecular weight is 1050 g/mol. The average Bonchev–Trinajstić information content (AvgIpc) is 3.32. The first-order valence-electron chi connectivity index (χ1n) is 26.6. The summed E-state index contributed by atoms with van der Waals surface area (Å²) < 4.78 is 47.5. The maximum atomic E-state index is 15.3. The van der Waals surface area contributed by atoms with Crippen molar-refractivity contribution in [3.63, 3.8) is 0 Å². The molecule has 21 heteroatoms. The van der Waals surface area contributed by atoms with Crippen LogP contribution in [-0.2, 0) is 42.7 Å². The minimum atomic E-state index is -1.87. The third-order valence-electron chi connectivity index (χ3n) is 20.6. The summed E-state index contributed by atoms with van der Waals surface area (Å²) >= 11 is 0. The third kappa shape index (κ3) is 9.01. The molecule has 4 saturated carbocycles. The van der Waals surface area contributed by atoms with E-state index in [4.69, 9.17) is 37.9 Å². The van der Waals surface area contributed by atoms with Crippen LogP contribution in [0, 0.1) is 50.2 Å². The number of aliphatic hydroxyl groups excluding tert-OH is 12. The summed E-state index contributed by atoms with van der Waals surface area (Å²) in [6, 6.07) is 0. The maximum Gasteiger partial charge on any atom is 0.317 e. The zero-order chi connectivity index (χ0) is 53.3. The van der Waals surface area contributed by atoms with Crippen LogP contribution in [0.2, 0.25) is 0 Å². The first kappa shape index (κ1) is 56.2. The van der Waals surface area contributed by atoms with Gasteiger partial charge in [0.15, 0.2) is 25.0 Å². The molecule has 0 radical (unpaired) electrons. The number of aliphatic hydroxyl groups is 12. The van der Waals surface area contributed by atoms with Crippen LogP contribution in [0.3, 0.4) is 0 Å². The van der Waals surface area contributed by atoms with Gasteiger partial charge in [-0.2, -0.15) is 0 Å². The van der Waals surface area contributed by atoms with Crippen LogP contribution < -0.4 is 0 Å². The molecule has 4 aliphatic heterocycles. The van der Waals surface area contributed by atoms with E-state index in [2.05, 4.69) is 54.5 Å². The fourth-order valence-corrected chi connectivity index (χ4v) is 16.0. The van der Waals surface area contributed by atoms with E-state index in [-0.39, 0.29) is 53.6 Å². The van der Waals surface area contributed by atoms with E-state index in [0.29, 0.717) is 19.3 Å². The Morgan fingerprint density at radius 1 is 0.630 bits per heavy atom. The van der Waals surface area contributed by atoms with Gasteiger partial charge in [-0.15, -0.1) is 0 Å². The molecule has 4 unspecified atom stereocenters. The predicted molar refractivity (Wildman–Crippen MR) is 251 cm³/mol. The van der Waals surface area contributed by atoms with E-state index < -0.39 is 158 Å². The summed E-state index contributed by atoms with van der Waals surface area (Å²) in [6.45, 7) is 15.8. The number of allylic oxidation sites excluding steroid dienone is 2. The molecule has 5 aliphatic carbocycles. The number of carbonyl (C=O) groups excluding carboxylic acids is 1. The molecule has 0 bridgehead atoms. The molecular weight excluding hydrogens is 961 g/mol. The molecule has 0 spiro atoms. The van der Waals surface area contributed by atoms with Crippen molar-refractivity contribution in [2.45, 2.75) is 236 Å². The standard InChI is InChI=1S/C52H84O21/c1-22-40(71-42-37(62)32(57)25(54)20-66-42)36(61)39(64)43(68-22)72-41-33(58)26(55)21-67-45(41)73-46(65)52-16-15-47(2,3)17-24(52)23-9-10-29-49(6)13-12-31(70-44-38(63)35(60)34(59)27(19-53)69-44)48(4,5)28(49)11-14-50(29,7)51(23,8)18-30(52)56/h9,22,24-45,53-64H,10-21H2,1-8H3/t22-,24?,25+,26-,27+,28?,29?,30+,31-,32-,33-,34+,35-,36-,37+,38+,39+,40-,41+,42-,43-,44-,45-,49-,50+,51+,52?/m0/s1. The second-order valence-electron chi connectivity index (χ2n) is 25.5. The summed E-state index contributed by atoms with van der Waals surface area (Å²) in [5.41, 5.74) is -2.04. The van der Waals surface area contributed by atoms with Crippen molar-refractivity contribution in [1.82, 2.24) is 0 Å². The SMILES string of the molecule is C[C@@H]1O[C@@H](O[C@H]2[C@H](OC(=O)C34CCC(C)(C)CC3C3=CCC5[C@@]6(C)CC[C@H](O[C@@H]7O[C@H](CO)[C@@H](O)[C@H](O)[C@H]7O)C(C)(C)C6CC[C@@]5(C)[C@]3(C)C[C@H]4O)OC[C@H](O)[C@@H]2O)[C@H](O)[C@H](O)[C@H]1O[C@@H]1OC[C@@H](O)[C@H](O)[C@H]1O. The second kappa shape index (κ2) is 20.0. The molecule has 12 N–H and O–H groups in total. The fourth-order valence-electron chi connectivity index (χ4n) is 16.0. The Bertz CT molecular complexity index is 2020. The van der Waals surface area contributed by atoms with Crippen molar-refractivity contribution in [2.24, 2.45) is 50.2 Å². The summed E-state index contributed by atoms with van der Waals surface area (Å²) in [6.07, 6.45) is -21.0. The molecule has 418 valence electrons. The lowest BCUT2D eigenvalue weighted by molar-refractivity contribution is -0.369. The van der Waals surface area contributed by atoms with E-state index in [9.17, 15) is 61.3 Å². The van der Waals surface area contributed by atoms with Gasteiger partial charge in [-0.25, -0.2) is 0 Å². The van der Waals surface area contributed by atoms with E-state index in [0.717, 1.165) is 31.3 Å². The molecule has 0 aromatic heterocycles. The maximum absolute atomic E-state index is 15.3. The van der Waals surface area contributed by atoms with Gasteiger partial charge in [-0.05, 0) is 110 Å². The monoisotopic (exact) mass is 1040 g/mol. The highest BCUT2D eigenvalue weighted by molar-refractivity contribution is 5.80. The Balaban J connectivity index is 0.944. The first-order chi connectivity index (χ1) is 34.1. The first-order valence-corrected chi connectivity index (χ1v) is 26.6. The topological polar surface area (TPSA) is 334 Å². The van der Waals surface area contributed by atoms with Gasteiger partial charge in [0.25, 0.3) is 0 Å². The van der Waals surface area contributed by atoms with Gasteiger partial charge in [0.05, 0.1) is 38.1 Å². The Kier molecular flexibility index (Phi) is 15.4. The number of carbonyl (C=O) groups is 1. The highest BCUT2D eigenvalue weighted by Gasteiger charge is 2.72. The van der Waals surface area contributed by atoms with Crippen molar-refractivity contribution in [2.75, 3.05) is 19.8 Å². The molecule has 0 amide bonds. The number of hydrogen-bond donors (Lipinski definition) is 12. The molecule has 4 saturated heterocycles. The number of rotatable bonds is 9. The van der Waals surface area contributed by atoms with Crippen LogP contribution in [0.4, 0.5) is 0 Å². The van der Waals surface area contributed by atoms with Crippen molar-refractivity contribution >= 4 is 5.97 Å². The number of fused-ring (bicyclic) bond motifs is 7. The molecule has 4 heterocycles. The van der Waals surface area contributed by atoms with Crippen LogP contribution in [0.15, 0.2) is 11.6 Å². The van der Waals surface area contributed by atoms with E-state index >= 15 is 4.79 Å². The quantitative estimate of drug-likeness (QED) is 0.0767. The van der Waals surface area contributed by atoms with Crippen LogP contribution in [0.5, 0.6) is 0 Å². The largest absolute Gasteiger partial charge is 0.432 e. The molecule has 73 heavy (non-hydrogen) atoms. The number of hydrogen-bond acceptors (Lipinski definition) is 21. The van der Waals surface area contributed by atoms with E-state index in [1.807, 2.05) is 0 Å². The van der Waals surface area contributed by atoms with Crippen molar-refractivity contribution in [1.29, 1.82) is 0 Å². The van der Waals surface area contributed by atoms with Gasteiger partial charge in [0, 0.05) is 0 Å². The number of esters is 1. The molecule has 21 nitrogen and oxygen atoms in total. The molecular formula is C52H84O21. The van der Waals surface area contributed by atoms with Gasteiger partial charge in [-0.3, -0.25) is 4.79 Å². The lowest BCUT2D eigenvalue weighted by atomic mass is 9.33. The minimum absolute atomic E-state index is 0.161. The van der Waals surface area contributed by atoms with Crippen LogP contribution in [-0.4, -0.2) is 210 Å². The predicted octanol–water partition coefficient (Wildman–Crippen LogP) is -0.759. The minimum Gasteiger partial charge on any atom is -0.432 e.